The molecule has 0 bridgehead atoms. The van der Waals surface area contributed by atoms with Crippen molar-refractivity contribution in [1.29, 1.82) is 0 Å². The van der Waals surface area contributed by atoms with Crippen LogP contribution in [0.15, 0.2) is 30.3 Å². The quantitative estimate of drug-likeness (QED) is 0.743. The summed E-state index contributed by atoms with van der Waals surface area (Å²) < 4.78 is 0. The van der Waals surface area contributed by atoms with Gasteiger partial charge in [0.05, 0.1) is 6.10 Å². The van der Waals surface area contributed by atoms with Crippen LogP contribution in [0.5, 0.6) is 0 Å². The fourth-order valence-corrected chi connectivity index (χ4v) is 1.21. The third kappa shape index (κ3) is 3.01. The minimum absolute atomic E-state index is 0.251. The molecular weight excluding hydrogens is 204 g/mol. The van der Waals surface area contributed by atoms with Crippen LogP contribution in [0.3, 0.4) is 0 Å². The van der Waals surface area contributed by atoms with E-state index >= 15 is 0 Å². The van der Waals surface area contributed by atoms with Crippen molar-refractivity contribution in [2.75, 3.05) is 0 Å². The highest BCUT2D eigenvalue weighted by Crippen LogP contribution is 2.10. The molecule has 3 nitrogen and oxygen atoms in total. The Kier molecular flexibility index (Phi) is 3.92. The highest BCUT2D eigenvalue weighted by atomic mass is 35.5. The summed E-state index contributed by atoms with van der Waals surface area (Å²) in [5.74, 6) is -1.20. The van der Waals surface area contributed by atoms with Gasteiger partial charge in [0.15, 0.2) is 5.38 Å². The summed E-state index contributed by atoms with van der Waals surface area (Å²) in [7, 11) is 0. The zero-order valence-electron chi connectivity index (χ0n) is 7.43. The Hall–Kier alpha value is -1.06. The van der Waals surface area contributed by atoms with Crippen molar-refractivity contribution in [2.24, 2.45) is 0 Å². The summed E-state index contributed by atoms with van der Waals surface area (Å²) in [5, 5.41) is 16.7. The van der Waals surface area contributed by atoms with Gasteiger partial charge in [0.2, 0.25) is 0 Å². The minimum Gasteiger partial charge on any atom is -0.480 e. The second-order valence-corrected chi connectivity index (χ2v) is 3.47. The molecule has 1 rings (SSSR count). The van der Waals surface area contributed by atoms with Crippen molar-refractivity contribution in [3.8, 4) is 0 Å². The molecule has 0 radical (unpaired) electrons. The Bertz CT molecular complexity index is 299. The molecule has 0 spiro atoms. The molecule has 14 heavy (non-hydrogen) atoms. The van der Waals surface area contributed by atoms with Crippen LogP contribution in [0.25, 0.3) is 0 Å². The number of halogens is 1. The monoisotopic (exact) mass is 214 g/mol. The van der Waals surface area contributed by atoms with Crippen molar-refractivity contribution < 1.29 is 15.0 Å². The summed E-state index contributed by atoms with van der Waals surface area (Å²) in [5.41, 5.74) is 0.868. The second-order valence-electron chi connectivity index (χ2n) is 3.00. The molecule has 76 valence electrons. The molecule has 0 aromatic heterocycles. The van der Waals surface area contributed by atoms with E-state index in [1.165, 1.54) is 0 Å². The Morgan fingerprint density at radius 3 is 2.43 bits per heavy atom. The van der Waals surface area contributed by atoms with Gasteiger partial charge in [0.1, 0.15) is 0 Å². The maximum Gasteiger partial charge on any atom is 0.324 e. The third-order valence-corrected chi connectivity index (χ3v) is 2.34. The Labute approximate surface area is 86.9 Å². The van der Waals surface area contributed by atoms with Gasteiger partial charge in [-0.2, -0.15) is 0 Å². The molecule has 0 heterocycles. The number of carboxylic acid groups (broad SMARTS) is 1. The lowest BCUT2D eigenvalue weighted by Gasteiger charge is -2.12. The summed E-state index contributed by atoms with van der Waals surface area (Å²) >= 11 is 5.47. The highest BCUT2D eigenvalue weighted by molar-refractivity contribution is 6.30. The lowest BCUT2D eigenvalue weighted by molar-refractivity contribution is -0.138. The molecule has 1 aromatic rings. The van der Waals surface area contributed by atoms with Crippen LogP contribution in [0.4, 0.5) is 0 Å². The van der Waals surface area contributed by atoms with Crippen LogP contribution in [0.1, 0.15) is 5.56 Å². The van der Waals surface area contributed by atoms with Crippen LogP contribution < -0.4 is 0 Å². The maximum absolute atomic E-state index is 10.4. The molecule has 2 N–H and O–H groups in total. The fourth-order valence-electron chi connectivity index (χ4n) is 1.12. The van der Waals surface area contributed by atoms with Gasteiger partial charge in [-0.05, 0) is 5.56 Å². The third-order valence-electron chi connectivity index (χ3n) is 1.86. The molecule has 4 heteroatoms. The normalized spacial score (nSPS) is 14.7. The molecule has 1 aromatic carbocycles. The summed E-state index contributed by atoms with van der Waals surface area (Å²) in [4.78, 5) is 10.4. The fraction of sp³-hybridized carbons (Fsp3) is 0.300. The molecular formula is C10H11ClO3. The van der Waals surface area contributed by atoms with Crippen molar-refractivity contribution >= 4 is 17.6 Å². The van der Waals surface area contributed by atoms with Crippen molar-refractivity contribution in [3.05, 3.63) is 35.9 Å². The number of rotatable bonds is 4. The first-order chi connectivity index (χ1) is 6.61. The van der Waals surface area contributed by atoms with Crippen LogP contribution in [0.2, 0.25) is 0 Å². The Balaban J connectivity index is 2.57. The zero-order valence-corrected chi connectivity index (χ0v) is 8.19. The molecule has 0 saturated carbocycles. The molecule has 2 atom stereocenters. The van der Waals surface area contributed by atoms with E-state index in [4.69, 9.17) is 16.7 Å². The molecule has 0 aliphatic heterocycles. The van der Waals surface area contributed by atoms with Crippen molar-refractivity contribution in [2.45, 2.75) is 17.9 Å². The zero-order chi connectivity index (χ0) is 10.6. The summed E-state index contributed by atoms with van der Waals surface area (Å²) in [6.45, 7) is 0. The van der Waals surface area contributed by atoms with Crippen molar-refractivity contribution in [3.63, 3.8) is 0 Å². The SMILES string of the molecule is O=C(O)[C@@H](Cl)[C@H](O)Cc1ccccc1. The van der Waals surface area contributed by atoms with E-state index in [0.717, 1.165) is 5.56 Å². The van der Waals surface area contributed by atoms with Gasteiger partial charge >= 0.3 is 5.97 Å². The molecule has 0 saturated heterocycles. The van der Waals surface area contributed by atoms with Gasteiger partial charge in [-0.15, -0.1) is 11.6 Å². The van der Waals surface area contributed by atoms with Gasteiger partial charge in [-0.3, -0.25) is 4.79 Å². The standard InChI is InChI=1S/C10H11ClO3/c11-9(10(13)14)8(12)6-7-4-2-1-3-5-7/h1-5,8-9,12H,6H2,(H,13,14)/t8-,9+/m1/s1. The van der Waals surface area contributed by atoms with E-state index in [9.17, 15) is 9.90 Å². The minimum atomic E-state index is -1.25. The maximum atomic E-state index is 10.4. The lowest BCUT2D eigenvalue weighted by atomic mass is 10.1. The Morgan fingerprint density at radius 2 is 1.93 bits per heavy atom. The van der Waals surface area contributed by atoms with Gasteiger partial charge in [-0.1, -0.05) is 30.3 Å². The smallest absolute Gasteiger partial charge is 0.324 e. The first kappa shape index (κ1) is 11.0. The van der Waals surface area contributed by atoms with E-state index in [1.54, 1.807) is 0 Å². The number of hydrogen-bond donors (Lipinski definition) is 2. The predicted molar refractivity (Wildman–Crippen MR) is 53.4 cm³/mol. The molecule has 0 amide bonds. The van der Waals surface area contributed by atoms with Crippen LogP contribution in [-0.2, 0) is 11.2 Å². The Morgan fingerprint density at radius 1 is 1.36 bits per heavy atom. The largest absolute Gasteiger partial charge is 0.480 e. The number of hydrogen-bond acceptors (Lipinski definition) is 2. The van der Waals surface area contributed by atoms with Gasteiger partial charge in [-0.25, -0.2) is 0 Å². The topological polar surface area (TPSA) is 57.5 Å². The number of alkyl halides is 1. The number of aliphatic hydroxyl groups excluding tert-OH is 1. The van der Waals surface area contributed by atoms with Gasteiger partial charge in [0, 0.05) is 6.42 Å². The highest BCUT2D eigenvalue weighted by Gasteiger charge is 2.23. The van der Waals surface area contributed by atoms with Gasteiger partial charge in [0.25, 0.3) is 0 Å². The number of carbonyl (C=O) groups is 1. The number of aliphatic carboxylic acids is 1. The van der Waals surface area contributed by atoms with E-state index in [0.29, 0.717) is 0 Å². The second kappa shape index (κ2) is 4.98. The summed E-state index contributed by atoms with van der Waals surface area (Å²) in [6.07, 6.45) is -0.807. The lowest BCUT2D eigenvalue weighted by Crippen LogP contribution is -2.30. The van der Waals surface area contributed by atoms with Gasteiger partial charge < -0.3 is 10.2 Å². The average molecular weight is 215 g/mol. The number of aliphatic hydroxyl groups is 1. The summed E-state index contributed by atoms with van der Waals surface area (Å²) in [6, 6.07) is 9.13. The first-order valence-corrected chi connectivity index (χ1v) is 4.64. The van der Waals surface area contributed by atoms with E-state index in [1.807, 2.05) is 30.3 Å². The molecule has 0 unspecified atom stereocenters. The van der Waals surface area contributed by atoms with Crippen LogP contribution >= 0.6 is 11.6 Å². The number of benzene rings is 1. The average Bonchev–Trinajstić information content (AvgIpc) is 2.18. The first-order valence-electron chi connectivity index (χ1n) is 4.20. The van der Waals surface area contributed by atoms with Crippen LogP contribution in [0, 0.1) is 0 Å². The predicted octanol–water partition coefficient (Wildman–Crippen LogP) is 1.28. The van der Waals surface area contributed by atoms with E-state index in [2.05, 4.69) is 0 Å². The van der Waals surface area contributed by atoms with E-state index in [-0.39, 0.29) is 6.42 Å². The van der Waals surface area contributed by atoms with Crippen molar-refractivity contribution in [1.82, 2.24) is 0 Å². The van der Waals surface area contributed by atoms with Crippen LogP contribution in [-0.4, -0.2) is 27.7 Å². The number of carboxylic acids is 1. The van der Waals surface area contributed by atoms with E-state index < -0.39 is 17.5 Å². The molecule has 0 aliphatic rings. The molecule has 0 aliphatic carbocycles. The molecule has 0 fully saturated rings.